The van der Waals surface area contributed by atoms with Gasteiger partial charge in [-0.05, 0) is 42.8 Å². The second kappa shape index (κ2) is 6.78. The van der Waals surface area contributed by atoms with E-state index < -0.39 is 0 Å². The molecule has 2 N–H and O–H groups in total. The fourth-order valence-electron chi connectivity index (χ4n) is 1.67. The van der Waals surface area contributed by atoms with E-state index in [-0.39, 0.29) is 18.3 Å². The minimum absolute atomic E-state index is 0.00859. The number of anilines is 2. The minimum Gasteiger partial charge on any atom is -0.376 e. The lowest BCUT2D eigenvalue weighted by molar-refractivity contribution is -0.114. The van der Waals surface area contributed by atoms with Crippen molar-refractivity contribution in [3.8, 4) is 0 Å². The average Bonchev–Trinajstić information content (AvgIpc) is 2.44. The summed E-state index contributed by atoms with van der Waals surface area (Å²) in [4.78, 5) is 11.8. The molecule has 0 heterocycles. The van der Waals surface area contributed by atoms with Crippen molar-refractivity contribution < 1.29 is 9.18 Å². The fourth-order valence-corrected chi connectivity index (χ4v) is 2.01. The maximum atomic E-state index is 13.4. The van der Waals surface area contributed by atoms with Gasteiger partial charge in [-0.25, -0.2) is 4.39 Å². The van der Waals surface area contributed by atoms with E-state index in [1.165, 1.54) is 6.07 Å². The molecule has 2 aromatic carbocycles. The topological polar surface area (TPSA) is 41.1 Å². The van der Waals surface area contributed by atoms with Gasteiger partial charge in [0.2, 0.25) is 5.91 Å². The Morgan fingerprint density at radius 2 is 1.95 bits per heavy atom. The number of hydrogen-bond donors (Lipinski definition) is 2. The molecule has 0 aliphatic carbocycles. The van der Waals surface area contributed by atoms with Gasteiger partial charge < -0.3 is 10.6 Å². The molecule has 110 valence electrons. The number of carbonyl (C=O) groups is 1. The lowest BCUT2D eigenvalue weighted by atomic mass is 10.2. The third kappa shape index (κ3) is 4.34. The summed E-state index contributed by atoms with van der Waals surface area (Å²) in [5, 5.41) is 6.35. The first-order chi connectivity index (χ1) is 9.95. The van der Waals surface area contributed by atoms with E-state index in [4.69, 9.17) is 23.2 Å². The van der Waals surface area contributed by atoms with Crippen LogP contribution in [0.4, 0.5) is 15.8 Å². The Kier molecular flexibility index (Phi) is 5.04. The van der Waals surface area contributed by atoms with E-state index in [1.54, 1.807) is 37.3 Å². The molecule has 0 saturated heterocycles. The number of rotatable bonds is 4. The first-order valence-corrected chi connectivity index (χ1v) is 6.96. The number of carbonyl (C=O) groups excluding carboxylic acids is 1. The molecule has 0 aliphatic heterocycles. The predicted molar refractivity (Wildman–Crippen MR) is 84.7 cm³/mol. The quantitative estimate of drug-likeness (QED) is 0.869. The zero-order valence-electron chi connectivity index (χ0n) is 11.2. The largest absolute Gasteiger partial charge is 0.376 e. The summed E-state index contributed by atoms with van der Waals surface area (Å²) in [6.07, 6.45) is 0. The molecule has 3 nitrogen and oxygen atoms in total. The molecule has 2 aromatic rings. The molecule has 2 rings (SSSR count). The van der Waals surface area contributed by atoms with E-state index in [9.17, 15) is 9.18 Å². The van der Waals surface area contributed by atoms with Crippen LogP contribution in [0.2, 0.25) is 10.0 Å². The monoisotopic (exact) mass is 326 g/mol. The van der Waals surface area contributed by atoms with Crippen LogP contribution in [-0.4, -0.2) is 12.5 Å². The molecule has 1 amide bonds. The Hall–Kier alpha value is -1.78. The van der Waals surface area contributed by atoms with Crippen LogP contribution in [0.25, 0.3) is 0 Å². The lowest BCUT2D eigenvalue weighted by Crippen LogP contribution is -2.22. The van der Waals surface area contributed by atoms with E-state index in [0.29, 0.717) is 27.0 Å². The van der Waals surface area contributed by atoms with Crippen LogP contribution in [0.15, 0.2) is 36.4 Å². The van der Waals surface area contributed by atoms with Gasteiger partial charge in [0.1, 0.15) is 5.82 Å². The van der Waals surface area contributed by atoms with Gasteiger partial charge in [0.05, 0.1) is 17.3 Å². The van der Waals surface area contributed by atoms with Gasteiger partial charge >= 0.3 is 0 Å². The van der Waals surface area contributed by atoms with Crippen molar-refractivity contribution in [1.29, 1.82) is 0 Å². The predicted octanol–water partition coefficient (Wildman–Crippen LogP) is 4.49. The first-order valence-electron chi connectivity index (χ1n) is 6.20. The summed E-state index contributed by atoms with van der Waals surface area (Å²) >= 11 is 11.8. The zero-order valence-corrected chi connectivity index (χ0v) is 12.7. The summed E-state index contributed by atoms with van der Waals surface area (Å²) in [6, 6.07) is 9.49. The maximum absolute atomic E-state index is 13.4. The Balaban J connectivity index is 1.95. The Labute approximate surface area is 132 Å². The Morgan fingerprint density at radius 3 is 2.67 bits per heavy atom. The molecule has 0 aliphatic rings. The number of amides is 1. The second-order valence-corrected chi connectivity index (χ2v) is 5.33. The van der Waals surface area contributed by atoms with Crippen LogP contribution in [-0.2, 0) is 4.79 Å². The van der Waals surface area contributed by atoms with Gasteiger partial charge in [-0.15, -0.1) is 0 Å². The molecule has 0 spiro atoms. The van der Waals surface area contributed by atoms with Gasteiger partial charge in [-0.3, -0.25) is 4.79 Å². The summed E-state index contributed by atoms with van der Waals surface area (Å²) in [5.41, 5.74) is 1.52. The van der Waals surface area contributed by atoms with Crippen molar-refractivity contribution in [2.75, 3.05) is 17.2 Å². The highest BCUT2D eigenvalue weighted by molar-refractivity contribution is 6.35. The minimum atomic E-state index is -0.321. The normalized spacial score (nSPS) is 10.3. The zero-order chi connectivity index (χ0) is 15.4. The molecule has 0 bridgehead atoms. The van der Waals surface area contributed by atoms with Crippen LogP contribution in [0.1, 0.15) is 5.56 Å². The molecule has 21 heavy (non-hydrogen) atoms. The van der Waals surface area contributed by atoms with E-state index in [0.717, 1.165) is 0 Å². The van der Waals surface area contributed by atoms with Crippen molar-refractivity contribution in [3.05, 3.63) is 57.8 Å². The molecule has 0 fully saturated rings. The van der Waals surface area contributed by atoms with Crippen molar-refractivity contribution >= 4 is 40.5 Å². The van der Waals surface area contributed by atoms with Crippen molar-refractivity contribution in [3.63, 3.8) is 0 Å². The Bertz CT molecular complexity index is 677. The smallest absolute Gasteiger partial charge is 0.243 e. The third-order valence-electron chi connectivity index (χ3n) is 2.83. The second-order valence-electron chi connectivity index (χ2n) is 4.49. The highest BCUT2D eigenvalue weighted by atomic mass is 35.5. The summed E-state index contributed by atoms with van der Waals surface area (Å²) < 4.78 is 13.4. The Morgan fingerprint density at radius 1 is 1.19 bits per heavy atom. The van der Waals surface area contributed by atoms with Crippen molar-refractivity contribution in [2.45, 2.75) is 6.92 Å². The molecule has 0 unspecified atom stereocenters. The number of halogens is 3. The van der Waals surface area contributed by atoms with Crippen LogP contribution in [0.3, 0.4) is 0 Å². The van der Waals surface area contributed by atoms with Crippen molar-refractivity contribution in [2.24, 2.45) is 0 Å². The molecule has 0 saturated carbocycles. The molecule has 0 atom stereocenters. The standard InChI is InChI=1S/C15H13Cl2FN2O/c1-9-2-4-11(7-13(9)18)19-8-15(21)20-14-6-10(16)3-5-12(14)17/h2-7,19H,8H2,1H3,(H,20,21). The van der Waals surface area contributed by atoms with Gasteiger partial charge in [-0.2, -0.15) is 0 Å². The number of nitrogens with one attached hydrogen (secondary N) is 2. The molecule has 6 heteroatoms. The van der Waals surface area contributed by atoms with Crippen LogP contribution in [0.5, 0.6) is 0 Å². The number of hydrogen-bond acceptors (Lipinski definition) is 2. The van der Waals surface area contributed by atoms with Gasteiger partial charge in [0.15, 0.2) is 0 Å². The number of benzene rings is 2. The molecular formula is C15H13Cl2FN2O. The average molecular weight is 327 g/mol. The van der Waals surface area contributed by atoms with E-state index >= 15 is 0 Å². The first kappa shape index (κ1) is 15.6. The fraction of sp³-hybridized carbons (Fsp3) is 0.133. The lowest BCUT2D eigenvalue weighted by Gasteiger charge is -2.10. The van der Waals surface area contributed by atoms with Crippen LogP contribution >= 0.6 is 23.2 Å². The number of aryl methyl sites for hydroxylation is 1. The summed E-state index contributed by atoms with van der Waals surface area (Å²) in [6.45, 7) is 1.66. The maximum Gasteiger partial charge on any atom is 0.243 e. The highest BCUT2D eigenvalue weighted by Gasteiger charge is 2.07. The highest BCUT2D eigenvalue weighted by Crippen LogP contribution is 2.25. The summed E-state index contributed by atoms with van der Waals surface area (Å²) in [7, 11) is 0. The van der Waals surface area contributed by atoms with Crippen molar-refractivity contribution in [1.82, 2.24) is 0 Å². The van der Waals surface area contributed by atoms with E-state index in [1.807, 2.05) is 0 Å². The van der Waals surface area contributed by atoms with Crippen LogP contribution in [0, 0.1) is 12.7 Å². The van der Waals surface area contributed by atoms with Gasteiger partial charge in [-0.1, -0.05) is 29.3 Å². The summed E-state index contributed by atoms with van der Waals surface area (Å²) in [5.74, 6) is -0.626. The molecule has 0 aromatic heterocycles. The van der Waals surface area contributed by atoms with E-state index in [2.05, 4.69) is 10.6 Å². The third-order valence-corrected chi connectivity index (χ3v) is 3.39. The van der Waals surface area contributed by atoms with Gasteiger partial charge in [0, 0.05) is 10.7 Å². The molecular weight excluding hydrogens is 314 g/mol. The van der Waals surface area contributed by atoms with Crippen LogP contribution < -0.4 is 10.6 Å². The SMILES string of the molecule is Cc1ccc(NCC(=O)Nc2cc(Cl)ccc2Cl)cc1F. The molecule has 0 radical (unpaired) electrons. The van der Waals surface area contributed by atoms with Gasteiger partial charge in [0.25, 0.3) is 0 Å².